The van der Waals surface area contributed by atoms with Crippen LogP contribution in [0.25, 0.3) is 0 Å². The molecule has 4 rings (SSSR count). The van der Waals surface area contributed by atoms with E-state index in [1.807, 2.05) is 50.4 Å². The molecule has 0 bridgehead atoms. The Bertz CT molecular complexity index is 1000. The first-order valence-corrected chi connectivity index (χ1v) is 11.0. The third-order valence-corrected chi connectivity index (χ3v) is 5.95. The van der Waals surface area contributed by atoms with Crippen molar-refractivity contribution >= 4 is 23.8 Å². The van der Waals surface area contributed by atoms with Crippen molar-refractivity contribution in [1.29, 1.82) is 0 Å². The summed E-state index contributed by atoms with van der Waals surface area (Å²) in [5.74, 6) is 1.23. The summed E-state index contributed by atoms with van der Waals surface area (Å²) in [6.45, 7) is 7.18. The zero-order chi connectivity index (χ0) is 22.5. The summed E-state index contributed by atoms with van der Waals surface area (Å²) in [7, 11) is 0. The van der Waals surface area contributed by atoms with E-state index in [1.54, 1.807) is 4.90 Å². The van der Waals surface area contributed by atoms with Crippen molar-refractivity contribution < 1.29 is 9.59 Å². The van der Waals surface area contributed by atoms with Crippen LogP contribution in [-0.4, -0.2) is 65.6 Å². The van der Waals surface area contributed by atoms with Crippen molar-refractivity contribution in [3.8, 4) is 0 Å². The van der Waals surface area contributed by atoms with E-state index in [0.717, 1.165) is 30.8 Å². The van der Waals surface area contributed by atoms with E-state index in [0.29, 0.717) is 36.9 Å². The Kier molecular flexibility index (Phi) is 6.63. The molecule has 9 nitrogen and oxygen atoms in total. The molecular formula is C23H29N7O2. The SMILES string of the molecule is Cc1nc(C(=O)NCC2CN(C(=O)c3ccccc3)C2)nc(NCCC2C=NNC2)c1C. The number of hydrazone groups is 1. The standard InChI is InChI=1S/C23H29N7O2/c1-15-16(2)28-21(29-20(15)24-9-8-17-11-26-27-12-17)22(31)25-10-18-13-30(14-18)23(32)19-6-4-3-5-7-19/h3-7,11,17-18,27H,8-10,12-14H2,1-2H3,(H,25,31)(H,24,28,29). The lowest BCUT2D eigenvalue weighted by atomic mass is 9.98. The number of likely N-dealkylation sites (tertiary alicyclic amines) is 1. The largest absolute Gasteiger partial charge is 0.370 e. The maximum atomic E-state index is 12.7. The van der Waals surface area contributed by atoms with Crippen LogP contribution in [0.3, 0.4) is 0 Å². The number of benzene rings is 1. The van der Waals surface area contributed by atoms with Gasteiger partial charge >= 0.3 is 0 Å². The lowest BCUT2D eigenvalue weighted by Gasteiger charge is -2.39. The first kappa shape index (κ1) is 21.7. The number of rotatable bonds is 8. The van der Waals surface area contributed by atoms with E-state index in [9.17, 15) is 9.59 Å². The van der Waals surface area contributed by atoms with Crippen molar-refractivity contribution in [2.45, 2.75) is 20.3 Å². The van der Waals surface area contributed by atoms with Crippen LogP contribution in [-0.2, 0) is 0 Å². The van der Waals surface area contributed by atoms with Crippen LogP contribution in [0.2, 0.25) is 0 Å². The highest BCUT2D eigenvalue weighted by Crippen LogP contribution is 2.19. The van der Waals surface area contributed by atoms with Crippen LogP contribution in [0.4, 0.5) is 5.82 Å². The molecule has 168 valence electrons. The van der Waals surface area contributed by atoms with Gasteiger partial charge in [0.05, 0.1) is 0 Å². The number of aryl methyl sites for hydroxylation is 1. The molecular weight excluding hydrogens is 406 g/mol. The van der Waals surface area contributed by atoms with Gasteiger partial charge in [0, 0.05) is 67.6 Å². The van der Waals surface area contributed by atoms with E-state index in [1.165, 1.54) is 0 Å². The van der Waals surface area contributed by atoms with Gasteiger partial charge in [-0.3, -0.25) is 9.59 Å². The number of carbonyl (C=O) groups is 2. The molecule has 1 unspecified atom stereocenters. The van der Waals surface area contributed by atoms with Gasteiger partial charge in [-0.1, -0.05) is 18.2 Å². The fraction of sp³-hybridized carbons (Fsp3) is 0.435. The molecule has 1 aromatic heterocycles. The van der Waals surface area contributed by atoms with Crippen LogP contribution in [0.1, 0.15) is 38.7 Å². The molecule has 32 heavy (non-hydrogen) atoms. The second-order valence-corrected chi connectivity index (χ2v) is 8.37. The van der Waals surface area contributed by atoms with Crippen molar-refractivity contribution in [1.82, 2.24) is 25.6 Å². The highest BCUT2D eigenvalue weighted by molar-refractivity contribution is 5.94. The van der Waals surface area contributed by atoms with Gasteiger partial charge in [-0.05, 0) is 32.4 Å². The maximum absolute atomic E-state index is 12.7. The second-order valence-electron chi connectivity index (χ2n) is 8.37. The van der Waals surface area contributed by atoms with Crippen molar-refractivity contribution in [3.63, 3.8) is 0 Å². The van der Waals surface area contributed by atoms with Crippen molar-refractivity contribution in [2.24, 2.45) is 16.9 Å². The predicted molar refractivity (Wildman–Crippen MR) is 123 cm³/mol. The second kappa shape index (κ2) is 9.76. The highest BCUT2D eigenvalue weighted by atomic mass is 16.2. The highest BCUT2D eigenvalue weighted by Gasteiger charge is 2.31. The molecule has 0 radical (unpaired) electrons. The lowest BCUT2D eigenvalue weighted by molar-refractivity contribution is 0.0497. The number of anilines is 1. The number of carbonyl (C=O) groups excluding carboxylic acids is 2. The quantitative estimate of drug-likeness (QED) is 0.581. The fourth-order valence-corrected chi connectivity index (χ4v) is 3.78. The van der Waals surface area contributed by atoms with Gasteiger partial charge in [0.2, 0.25) is 5.82 Å². The van der Waals surface area contributed by atoms with Gasteiger partial charge in [-0.2, -0.15) is 5.10 Å². The average molecular weight is 436 g/mol. The molecule has 1 aromatic carbocycles. The third kappa shape index (κ3) is 5.04. The molecule has 0 spiro atoms. The molecule has 0 aliphatic carbocycles. The minimum absolute atomic E-state index is 0.0287. The van der Waals surface area contributed by atoms with Gasteiger partial charge in [0.1, 0.15) is 5.82 Å². The summed E-state index contributed by atoms with van der Waals surface area (Å²) in [6.07, 6.45) is 2.86. The maximum Gasteiger partial charge on any atom is 0.289 e. The molecule has 3 heterocycles. The number of nitrogens with zero attached hydrogens (tertiary/aromatic N) is 4. The van der Waals surface area contributed by atoms with E-state index in [2.05, 4.69) is 31.1 Å². The minimum atomic E-state index is -0.295. The van der Waals surface area contributed by atoms with Gasteiger partial charge < -0.3 is 21.0 Å². The summed E-state index contributed by atoms with van der Waals surface area (Å²) >= 11 is 0. The summed E-state index contributed by atoms with van der Waals surface area (Å²) in [5.41, 5.74) is 5.36. The molecule has 1 saturated heterocycles. The van der Waals surface area contributed by atoms with Crippen LogP contribution < -0.4 is 16.1 Å². The molecule has 9 heteroatoms. The Morgan fingerprint density at radius 3 is 2.66 bits per heavy atom. The Balaban J connectivity index is 1.26. The summed E-state index contributed by atoms with van der Waals surface area (Å²) < 4.78 is 0. The molecule has 2 aliphatic rings. The zero-order valence-electron chi connectivity index (χ0n) is 18.5. The molecule has 2 aliphatic heterocycles. The molecule has 2 aromatic rings. The third-order valence-electron chi connectivity index (χ3n) is 5.95. The van der Waals surface area contributed by atoms with Crippen molar-refractivity contribution in [3.05, 3.63) is 53.0 Å². The molecule has 2 amide bonds. The van der Waals surface area contributed by atoms with E-state index in [4.69, 9.17) is 0 Å². The molecule has 1 fully saturated rings. The molecule has 3 N–H and O–H groups in total. The molecule has 1 atom stereocenters. The minimum Gasteiger partial charge on any atom is -0.370 e. The Hall–Kier alpha value is -3.49. The van der Waals surface area contributed by atoms with Crippen LogP contribution >= 0.6 is 0 Å². The van der Waals surface area contributed by atoms with Gasteiger partial charge in [-0.25, -0.2) is 9.97 Å². The monoisotopic (exact) mass is 435 g/mol. The number of hydrogen-bond donors (Lipinski definition) is 3. The topological polar surface area (TPSA) is 112 Å². The van der Waals surface area contributed by atoms with Gasteiger partial charge in [0.25, 0.3) is 11.8 Å². The van der Waals surface area contributed by atoms with Gasteiger partial charge in [0.15, 0.2) is 0 Å². The summed E-state index contributed by atoms with van der Waals surface area (Å²) in [4.78, 5) is 35.7. The first-order chi connectivity index (χ1) is 15.5. The predicted octanol–water partition coefficient (Wildman–Crippen LogP) is 1.60. The Morgan fingerprint density at radius 2 is 1.94 bits per heavy atom. The molecule has 0 saturated carbocycles. The van der Waals surface area contributed by atoms with Gasteiger partial charge in [-0.15, -0.1) is 0 Å². The number of amides is 2. The number of nitrogens with one attached hydrogen (secondary N) is 3. The van der Waals surface area contributed by atoms with E-state index >= 15 is 0 Å². The van der Waals surface area contributed by atoms with E-state index < -0.39 is 0 Å². The summed E-state index contributed by atoms with van der Waals surface area (Å²) in [6, 6.07) is 9.24. The number of aromatic nitrogens is 2. The Morgan fingerprint density at radius 1 is 1.16 bits per heavy atom. The zero-order valence-corrected chi connectivity index (χ0v) is 18.5. The average Bonchev–Trinajstić information content (AvgIpc) is 3.29. The number of hydrogen-bond acceptors (Lipinski definition) is 7. The van der Waals surface area contributed by atoms with Crippen molar-refractivity contribution in [2.75, 3.05) is 38.0 Å². The fourth-order valence-electron chi connectivity index (χ4n) is 3.78. The Labute approximate surface area is 187 Å². The smallest absolute Gasteiger partial charge is 0.289 e. The van der Waals surface area contributed by atoms with Crippen LogP contribution in [0.15, 0.2) is 35.4 Å². The first-order valence-electron chi connectivity index (χ1n) is 11.0. The lowest BCUT2D eigenvalue weighted by Crippen LogP contribution is -2.53. The van der Waals surface area contributed by atoms with E-state index in [-0.39, 0.29) is 23.6 Å². The normalized spacial score (nSPS) is 17.6. The van der Waals surface area contributed by atoms with Crippen LogP contribution in [0.5, 0.6) is 0 Å². The summed E-state index contributed by atoms with van der Waals surface area (Å²) in [5, 5.41) is 10.3. The van der Waals surface area contributed by atoms with Crippen LogP contribution in [0, 0.1) is 25.7 Å².